The lowest BCUT2D eigenvalue weighted by Gasteiger charge is -2.17. The summed E-state index contributed by atoms with van der Waals surface area (Å²) in [6.45, 7) is 1.45. The maximum Gasteiger partial charge on any atom is 0.356 e. The van der Waals surface area contributed by atoms with Gasteiger partial charge < -0.3 is 19.4 Å². The molecule has 0 bridgehead atoms. The summed E-state index contributed by atoms with van der Waals surface area (Å²) in [5, 5.41) is 3.84. The number of esters is 1. The van der Waals surface area contributed by atoms with Gasteiger partial charge in [0.2, 0.25) is 0 Å². The maximum atomic E-state index is 13.3. The van der Waals surface area contributed by atoms with Crippen LogP contribution < -0.4 is 15.6 Å². The van der Waals surface area contributed by atoms with E-state index in [9.17, 15) is 14.4 Å². The molecule has 7 nitrogen and oxygen atoms in total. The van der Waals surface area contributed by atoms with Crippen molar-refractivity contribution in [2.45, 2.75) is 6.92 Å². The summed E-state index contributed by atoms with van der Waals surface area (Å²) in [4.78, 5) is 39.0. The third-order valence-electron chi connectivity index (χ3n) is 6.29. The van der Waals surface area contributed by atoms with Crippen molar-refractivity contribution in [2.24, 2.45) is 7.05 Å². The fourth-order valence-corrected chi connectivity index (χ4v) is 4.34. The van der Waals surface area contributed by atoms with Crippen LogP contribution in [0.15, 0.2) is 108 Å². The quantitative estimate of drug-likeness (QED) is 0.263. The first-order valence-corrected chi connectivity index (χ1v) is 12.4. The number of aromatic nitrogens is 1. The average molecular weight is 519 g/mol. The smallest absolute Gasteiger partial charge is 0.356 e. The summed E-state index contributed by atoms with van der Waals surface area (Å²) in [5.41, 5.74) is 2.69. The fourth-order valence-electron chi connectivity index (χ4n) is 4.34. The average Bonchev–Trinajstić information content (AvgIpc) is 2.96. The van der Waals surface area contributed by atoms with Gasteiger partial charge in [-0.15, -0.1) is 0 Å². The van der Waals surface area contributed by atoms with Crippen LogP contribution >= 0.6 is 0 Å². The van der Waals surface area contributed by atoms with Gasteiger partial charge in [-0.05, 0) is 60.3 Å². The van der Waals surface area contributed by atoms with E-state index in [1.807, 2.05) is 67.6 Å². The first-order chi connectivity index (χ1) is 18.9. The molecule has 0 saturated heterocycles. The molecule has 194 valence electrons. The highest BCUT2D eigenvalue weighted by Crippen LogP contribution is 2.31. The molecule has 4 aromatic carbocycles. The van der Waals surface area contributed by atoms with Gasteiger partial charge in [0.25, 0.3) is 11.5 Å². The molecule has 7 heteroatoms. The number of carbonyl (C=O) groups is 2. The summed E-state index contributed by atoms with van der Waals surface area (Å²) in [6.07, 6.45) is 0. The van der Waals surface area contributed by atoms with Gasteiger partial charge in [-0.1, -0.05) is 66.2 Å². The third-order valence-corrected chi connectivity index (χ3v) is 6.29. The van der Waals surface area contributed by atoms with Crippen LogP contribution in [0.5, 0.6) is 11.5 Å². The van der Waals surface area contributed by atoms with Gasteiger partial charge in [-0.2, -0.15) is 0 Å². The zero-order valence-electron chi connectivity index (χ0n) is 21.5. The third kappa shape index (κ3) is 5.57. The Labute approximate surface area is 225 Å². The van der Waals surface area contributed by atoms with Crippen molar-refractivity contribution in [3.05, 3.63) is 125 Å². The molecule has 0 aliphatic rings. The first kappa shape index (κ1) is 25.5. The molecule has 0 spiro atoms. The second-order valence-corrected chi connectivity index (χ2v) is 9.06. The van der Waals surface area contributed by atoms with E-state index in [0.29, 0.717) is 33.5 Å². The number of aryl methyl sites for hydroxylation is 1. The van der Waals surface area contributed by atoms with E-state index < -0.39 is 18.5 Å². The monoisotopic (exact) mass is 518 g/mol. The fraction of sp³-hybridized carbons (Fsp3) is 0.0938. The Bertz CT molecular complexity index is 1710. The van der Waals surface area contributed by atoms with E-state index in [-0.39, 0.29) is 11.3 Å². The molecular weight excluding hydrogens is 492 g/mol. The minimum absolute atomic E-state index is 0.0813. The van der Waals surface area contributed by atoms with Crippen molar-refractivity contribution >= 4 is 28.3 Å². The van der Waals surface area contributed by atoms with E-state index in [0.717, 1.165) is 11.1 Å². The number of pyridine rings is 1. The van der Waals surface area contributed by atoms with E-state index >= 15 is 0 Å². The van der Waals surface area contributed by atoms with Crippen LogP contribution in [-0.2, 0) is 16.6 Å². The van der Waals surface area contributed by atoms with Crippen LogP contribution in [-0.4, -0.2) is 23.1 Å². The van der Waals surface area contributed by atoms with Gasteiger partial charge in [0, 0.05) is 23.7 Å². The van der Waals surface area contributed by atoms with Crippen LogP contribution in [0.4, 0.5) is 5.69 Å². The van der Waals surface area contributed by atoms with Crippen molar-refractivity contribution < 1.29 is 19.1 Å². The van der Waals surface area contributed by atoms with Gasteiger partial charge in [0.1, 0.15) is 17.2 Å². The molecule has 39 heavy (non-hydrogen) atoms. The van der Waals surface area contributed by atoms with Gasteiger partial charge in [-0.25, -0.2) is 4.79 Å². The van der Waals surface area contributed by atoms with Crippen LogP contribution in [0.1, 0.15) is 16.1 Å². The molecule has 0 saturated carbocycles. The van der Waals surface area contributed by atoms with Crippen molar-refractivity contribution in [2.75, 3.05) is 11.9 Å². The number of fused-ring (bicyclic) bond motifs is 1. The molecular formula is C32H26N2O5. The Hall–Kier alpha value is -5.17. The second-order valence-electron chi connectivity index (χ2n) is 9.06. The molecule has 1 amide bonds. The van der Waals surface area contributed by atoms with Gasteiger partial charge >= 0.3 is 5.97 Å². The van der Waals surface area contributed by atoms with Crippen LogP contribution in [0.2, 0.25) is 0 Å². The second kappa shape index (κ2) is 11.1. The van der Waals surface area contributed by atoms with Gasteiger partial charge in [0.05, 0.1) is 0 Å². The lowest BCUT2D eigenvalue weighted by atomic mass is 9.96. The van der Waals surface area contributed by atoms with Crippen LogP contribution in [0, 0.1) is 6.92 Å². The Kier molecular flexibility index (Phi) is 7.23. The standard InChI is InChI=1S/C32H26N2O5/c1-21-12-14-22(15-13-21)29-26-10-6-7-11-27(26)31(36)34(2)30(29)32(37)38-20-28(35)33-23-16-18-25(19-17-23)39-24-8-4-3-5-9-24/h3-19H,20H2,1-2H3,(H,33,35). The summed E-state index contributed by atoms with van der Waals surface area (Å²) in [6, 6.07) is 31.0. The minimum Gasteiger partial charge on any atom is -0.457 e. The summed E-state index contributed by atoms with van der Waals surface area (Å²) < 4.78 is 12.4. The number of ether oxygens (including phenoxy) is 2. The van der Waals surface area contributed by atoms with Crippen molar-refractivity contribution in [3.63, 3.8) is 0 Å². The molecule has 0 fully saturated rings. The number of nitrogens with one attached hydrogen (secondary N) is 1. The van der Waals surface area contributed by atoms with E-state index in [2.05, 4.69) is 5.32 Å². The SMILES string of the molecule is Cc1ccc(-c2c(C(=O)OCC(=O)Nc3ccc(Oc4ccccc4)cc3)n(C)c(=O)c3ccccc23)cc1. The van der Waals surface area contributed by atoms with Gasteiger partial charge in [0.15, 0.2) is 6.61 Å². The lowest BCUT2D eigenvalue weighted by Crippen LogP contribution is -2.28. The Morgan fingerprint density at radius 3 is 2.08 bits per heavy atom. The summed E-state index contributed by atoms with van der Waals surface area (Å²) >= 11 is 0. The molecule has 0 aliphatic carbocycles. The number of carbonyl (C=O) groups excluding carboxylic acids is 2. The van der Waals surface area contributed by atoms with Crippen LogP contribution in [0.25, 0.3) is 21.9 Å². The Morgan fingerprint density at radius 2 is 1.38 bits per heavy atom. The van der Waals surface area contributed by atoms with E-state index in [1.54, 1.807) is 42.5 Å². The number of rotatable bonds is 7. The largest absolute Gasteiger partial charge is 0.457 e. The predicted octanol–water partition coefficient (Wildman–Crippen LogP) is 6.10. The van der Waals surface area contributed by atoms with Crippen molar-refractivity contribution in [1.82, 2.24) is 4.57 Å². The molecule has 0 aliphatic heterocycles. The number of hydrogen-bond donors (Lipinski definition) is 1. The molecule has 0 atom stereocenters. The van der Waals surface area contributed by atoms with Crippen LogP contribution in [0.3, 0.4) is 0 Å². The number of anilines is 1. The van der Waals surface area contributed by atoms with Gasteiger partial charge in [-0.3, -0.25) is 9.59 Å². The highest BCUT2D eigenvalue weighted by atomic mass is 16.5. The normalized spacial score (nSPS) is 10.7. The molecule has 5 aromatic rings. The lowest BCUT2D eigenvalue weighted by molar-refractivity contribution is -0.119. The molecule has 1 N–H and O–H groups in total. The molecule has 0 unspecified atom stereocenters. The first-order valence-electron chi connectivity index (χ1n) is 12.4. The number of nitrogens with zero attached hydrogens (tertiary/aromatic N) is 1. The zero-order valence-corrected chi connectivity index (χ0v) is 21.5. The number of amides is 1. The summed E-state index contributed by atoms with van der Waals surface area (Å²) in [7, 11) is 1.53. The maximum absolute atomic E-state index is 13.3. The zero-order chi connectivity index (χ0) is 27.4. The topological polar surface area (TPSA) is 86.6 Å². The predicted molar refractivity (Wildman–Crippen MR) is 151 cm³/mol. The highest BCUT2D eigenvalue weighted by Gasteiger charge is 2.23. The molecule has 1 heterocycles. The molecule has 5 rings (SSSR count). The van der Waals surface area contributed by atoms with Crippen molar-refractivity contribution in [1.29, 1.82) is 0 Å². The Balaban J connectivity index is 1.34. The highest BCUT2D eigenvalue weighted by molar-refractivity contribution is 6.07. The molecule has 0 radical (unpaired) electrons. The number of hydrogen-bond acceptors (Lipinski definition) is 5. The van der Waals surface area contributed by atoms with Crippen molar-refractivity contribution in [3.8, 4) is 22.6 Å². The van der Waals surface area contributed by atoms with E-state index in [4.69, 9.17) is 9.47 Å². The molecule has 1 aromatic heterocycles. The summed E-state index contributed by atoms with van der Waals surface area (Å²) in [5.74, 6) is 0.0428. The minimum atomic E-state index is -0.766. The number of benzene rings is 4. The van der Waals surface area contributed by atoms with E-state index in [1.165, 1.54) is 11.6 Å². The Morgan fingerprint density at radius 1 is 0.769 bits per heavy atom. The number of para-hydroxylation sites is 1.